The van der Waals surface area contributed by atoms with Gasteiger partial charge in [0.25, 0.3) is 0 Å². The molecule has 4 nitrogen and oxygen atoms in total. The lowest BCUT2D eigenvalue weighted by atomic mass is 9.99. The molecule has 1 aliphatic heterocycles. The monoisotopic (exact) mass is 208 g/mol. The highest BCUT2D eigenvalue weighted by Gasteiger charge is 2.14. The molecule has 0 aromatic carbocycles. The van der Waals surface area contributed by atoms with E-state index in [1.807, 2.05) is 10.9 Å². The molecule has 2 N–H and O–H groups in total. The predicted octanol–water partition coefficient (Wildman–Crippen LogP) is 1.20. The van der Waals surface area contributed by atoms with Gasteiger partial charge in [-0.1, -0.05) is 6.92 Å². The summed E-state index contributed by atoms with van der Waals surface area (Å²) in [5.74, 6) is 0.904. The Morgan fingerprint density at radius 1 is 1.40 bits per heavy atom. The number of piperidine rings is 1. The molecule has 84 valence electrons. The summed E-state index contributed by atoms with van der Waals surface area (Å²) in [6, 6.07) is 0. The van der Waals surface area contributed by atoms with Crippen LogP contribution >= 0.6 is 0 Å². The Hall–Kier alpha value is -1.03. The third kappa shape index (κ3) is 2.96. The smallest absolute Gasteiger partial charge is 0.0719 e. The summed E-state index contributed by atoms with van der Waals surface area (Å²) in [7, 11) is 0. The van der Waals surface area contributed by atoms with Crippen molar-refractivity contribution in [1.82, 2.24) is 14.7 Å². The van der Waals surface area contributed by atoms with Gasteiger partial charge in [0.05, 0.1) is 18.4 Å². The van der Waals surface area contributed by atoms with Crippen LogP contribution in [0.3, 0.4) is 0 Å². The van der Waals surface area contributed by atoms with Gasteiger partial charge in [0.1, 0.15) is 0 Å². The van der Waals surface area contributed by atoms with E-state index in [-0.39, 0.29) is 0 Å². The molecule has 0 radical (unpaired) electrons. The predicted molar refractivity (Wildman–Crippen MR) is 61.5 cm³/mol. The van der Waals surface area contributed by atoms with Crippen molar-refractivity contribution < 1.29 is 0 Å². The van der Waals surface area contributed by atoms with Crippen molar-refractivity contribution in [2.45, 2.75) is 26.3 Å². The second kappa shape index (κ2) is 4.66. The summed E-state index contributed by atoms with van der Waals surface area (Å²) in [5, 5.41) is 4.18. The second-order valence-electron chi connectivity index (χ2n) is 4.56. The van der Waals surface area contributed by atoms with Crippen molar-refractivity contribution >= 4 is 5.69 Å². The maximum Gasteiger partial charge on any atom is 0.0719 e. The van der Waals surface area contributed by atoms with Crippen molar-refractivity contribution in [3.8, 4) is 0 Å². The first-order valence-corrected chi connectivity index (χ1v) is 5.74. The zero-order valence-electron chi connectivity index (χ0n) is 9.39. The van der Waals surface area contributed by atoms with Gasteiger partial charge in [-0.3, -0.25) is 4.68 Å². The number of nitrogen functional groups attached to an aromatic ring is 1. The Bertz CT molecular complexity index is 299. The third-order valence-electron chi connectivity index (χ3n) is 3.17. The van der Waals surface area contributed by atoms with Gasteiger partial charge < -0.3 is 10.6 Å². The SMILES string of the molecule is CC1CCN(CCn2cc(N)cn2)CC1. The highest BCUT2D eigenvalue weighted by Crippen LogP contribution is 2.15. The molecule has 1 saturated heterocycles. The number of rotatable bonds is 3. The number of nitrogens with zero attached hydrogens (tertiary/aromatic N) is 3. The van der Waals surface area contributed by atoms with Crippen molar-refractivity contribution in [3.63, 3.8) is 0 Å². The van der Waals surface area contributed by atoms with Gasteiger partial charge in [0, 0.05) is 12.7 Å². The maximum absolute atomic E-state index is 5.61. The molecule has 4 heteroatoms. The summed E-state index contributed by atoms with van der Waals surface area (Å²) in [6.07, 6.45) is 6.27. The number of nitrogens with two attached hydrogens (primary N) is 1. The van der Waals surface area contributed by atoms with E-state index >= 15 is 0 Å². The van der Waals surface area contributed by atoms with Crippen molar-refractivity contribution in [2.75, 3.05) is 25.4 Å². The van der Waals surface area contributed by atoms with Crippen molar-refractivity contribution in [1.29, 1.82) is 0 Å². The average Bonchev–Trinajstić information content (AvgIpc) is 2.64. The van der Waals surface area contributed by atoms with Crippen LogP contribution in [0.2, 0.25) is 0 Å². The molecule has 1 aliphatic rings. The molecule has 0 aliphatic carbocycles. The Labute approximate surface area is 91.1 Å². The zero-order chi connectivity index (χ0) is 10.7. The molecule has 0 unspecified atom stereocenters. The van der Waals surface area contributed by atoms with Crippen LogP contribution in [-0.4, -0.2) is 34.3 Å². The number of hydrogen-bond acceptors (Lipinski definition) is 3. The lowest BCUT2D eigenvalue weighted by molar-refractivity contribution is 0.184. The quantitative estimate of drug-likeness (QED) is 0.812. The number of hydrogen-bond donors (Lipinski definition) is 1. The topological polar surface area (TPSA) is 47.1 Å². The molecule has 2 rings (SSSR count). The van der Waals surface area contributed by atoms with Gasteiger partial charge in [0.2, 0.25) is 0 Å². The van der Waals surface area contributed by atoms with Crippen molar-refractivity contribution in [2.24, 2.45) is 5.92 Å². The first-order chi connectivity index (χ1) is 7.24. The fourth-order valence-electron chi connectivity index (χ4n) is 2.03. The molecule has 1 fully saturated rings. The van der Waals surface area contributed by atoms with E-state index < -0.39 is 0 Å². The summed E-state index contributed by atoms with van der Waals surface area (Å²) in [4.78, 5) is 2.51. The van der Waals surface area contributed by atoms with Crippen LogP contribution in [0, 0.1) is 5.92 Å². The van der Waals surface area contributed by atoms with E-state index in [1.165, 1.54) is 25.9 Å². The summed E-state index contributed by atoms with van der Waals surface area (Å²) in [6.45, 7) is 6.85. The minimum atomic E-state index is 0.752. The first kappa shape index (κ1) is 10.5. The van der Waals surface area contributed by atoms with Crippen LogP contribution in [0.25, 0.3) is 0 Å². The largest absolute Gasteiger partial charge is 0.396 e. The fourth-order valence-corrected chi connectivity index (χ4v) is 2.03. The molecule has 2 heterocycles. The minimum Gasteiger partial charge on any atom is -0.396 e. The maximum atomic E-state index is 5.61. The normalized spacial score (nSPS) is 19.5. The number of likely N-dealkylation sites (tertiary alicyclic amines) is 1. The average molecular weight is 208 g/mol. The van der Waals surface area contributed by atoms with E-state index in [0.717, 1.165) is 24.7 Å². The van der Waals surface area contributed by atoms with E-state index in [2.05, 4.69) is 16.9 Å². The minimum absolute atomic E-state index is 0.752. The third-order valence-corrected chi connectivity index (χ3v) is 3.17. The van der Waals surface area contributed by atoms with Gasteiger partial charge >= 0.3 is 0 Å². The summed E-state index contributed by atoms with van der Waals surface area (Å²) < 4.78 is 1.92. The van der Waals surface area contributed by atoms with Gasteiger partial charge in [-0.2, -0.15) is 5.10 Å². The Kier molecular flexibility index (Phi) is 3.26. The second-order valence-corrected chi connectivity index (χ2v) is 4.56. The lowest BCUT2D eigenvalue weighted by Crippen LogP contribution is -2.35. The highest BCUT2D eigenvalue weighted by atomic mass is 15.3. The molecule has 0 amide bonds. The van der Waals surface area contributed by atoms with Gasteiger partial charge in [-0.05, 0) is 31.8 Å². The van der Waals surface area contributed by atoms with Crippen LogP contribution in [0.5, 0.6) is 0 Å². The van der Waals surface area contributed by atoms with E-state index in [0.29, 0.717) is 0 Å². The van der Waals surface area contributed by atoms with E-state index in [1.54, 1.807) is 6.20 Å². The highest BCUT2D eigenvalue weighted by molar-refractivity contribution is 5.30. The molecular weight excluding hydrogens is 188 g/mol. The summed E-state index contributed by atoms with van der Waals surface area (Å²) in [5.41, 5.74) is 6.36. The Balaban J connectivity index is 1.74. The molecular formula is C11H20N4. The van der Waals surface area contributed by atoms with E-state index in [9.17, 15) is 0 Å². The zero-order valence-corrected chi connectivity index (χ0v) is 9.39. The van der Waals surface area contributed by atoms with Crippen LogP contribution in [-0.2, 0) is 6.54 Å². The molecule has 15 heavy (non-hydrogen) atoms. The number of anilines is 1. The van der Waals surface area contributed by atoms with Crippen LogP contribution in [0.4, 0.5) is 5.69 Å². The van der Waals surface area contributed by atoms with Crippen LogP contribution < -0.4 is 5.73 Å². The van der Waals surface area contributed by atoms with Gasteiger partial charge in [0.15, 0.2) is 0 Å². The van der Waals surface area contributed by atoms with Crippen molar-refractivity contribution in [3.05, 3.63) is 12.4 Å². The standard InChI is InChI=1S/C11H20N4/c1-10-2-4-14(5-3-10)6-7-15-9-11(12)8-13-15/h8-10H,2-7,12H2,1H3. The lowest BCUT2D eigenvalue weighted by Gasteiger charge is -2.29. The molecule has 1 aromatic heterocycles. The van der Waals surface area contributed by atoms with Crippen LogP contribution in [0.15, 0.2) is 12.4 Å². The molecule has 0 saturated carbocycles. The molecule has 0 spiro atoms. The summed E-state index contributed by atoms with van der Waals surface area (Å²) >= 11 is 0. The van der Waals surface area contributed by atoms with Gasteiger partial charge in [-0.15, -0.1) is 0 Å². The Morgan fingerprint density at radius 3 is 2.73 bits per heavy atom. The Morgan fingerprint density at radius 2 is 2.13 bits per heavy atom. The first-order valence-electron chi connectivity index (χ1n) is 5.74. The number of aromatic nitrogens is 2. The van der Waals surface area contributed by atoms with Crippen LogP contribution in [0.1, 0.15) is 19.8 Å². The fraction of sp³-hybridized carbons (Fsp3) is 0.727. The molecule has 0 bridgehead atoms. The molecule has 0 atom stereocenters. The van der Waals surface area contributed by atoms with E-state index in [4.69, 9.17) is 5.73 Å². The molecule has 1 aromatic rings. The van der Waals surface area contributed by atoms with Gasteiger partial charge in [-0.25, -0.2) is 0 Å².